The third-order valence-electron chi connectivity index (χ3n) is 2.59. The number of hydrogen-bond donors (Lipinski definition) is 4. The van der Waals surface area contributed by atoms with Crippen LogP contribution in [-0.4, -0.2) is 36.8 Å². The number of aromatic amines is 1. The summed E-state index contributed by atoms with van der Waals surface area (Å²) in [5.74, 6) is 0.0396. The van der Waals surface area contributed by atoms with E-state index < -0.39 is 8.38 Å². The van der Waals surface area contributed by atoms with E-state index in [2.05, 4.69) is 10.1 Å². The Balaban J connectivity index is 2.19. The highest BCUT2D eigenvalue weighted by Crippen LogP contribution is 2.23. The highest BCUT2D eigenvalue weighted by atomic mass is 31.2. The molecule has 0 aliphatic rings. The topological polar surface area (TPSA) is 126 Å². The average molecular weight is 286 g/mol. The Labute approximate surface area is 109 Å². The van der Waals surface area contributed by atoms with Gasteiger partial charge in [0.15, 0.2) is 8.38 Å². The van der Waals surface area contributed by atoms with Crippen molar-refractivity contribution in [3.63, 3.8) is 0 Å². The molecular formula is C10H15N4O4P. The van der Waals surface area contributed by atoms with E-state index in [1.54, 1.807) is 19.1 Å². The first-order valence-electron chi connectivity index (χ1n) is 5.60. The maximum atomic E-state index is 11.6. The first-order chi connectivity index (χ1) is 8.97. The van der Waals surface area contributed by atoms with Crippen LogP contribution in [0, 0.1) is 0 Å². The first kappa shape index (κ1) is 14.0. The van der Waals surface area contributed by atoms with Gasteiger partial charge in [-0.05, 0) is 19.1 Å². The minimum atomic E-state index is -2.06. The largest absolute Gasteiger partial charge is 0.369 e. The van der Waals surface area contributed by atoms with Gasteiger partial charge >= 0.3 is 0 Å². The average Bonchev–Trinajstić information content (AvgIpc) is 2.70. The lowest BCUT2D eigenvalue weighted by atomic mass is 10.2. The lowest BCUT2D eigenvalue weighted by molar-refractivity contribution is 0.0941. The molecule has 9 heteroatoms. The molecule has 0 radical (unpaired) electrons. The second-order valence-electron chi connectivity index (χ2n) is 4.14. The number of anilines is 1. The number of nitrogens with one attached hydrogen (secondary N) is 1. The third-order valence-corrected chi connectivity index (χ3v) is 2.97. The van der Waals surface area contributed by atoms with Crippen LogP contribution in [0.3, 0.4) is 0 Å². The fourth-order valence-electron chi connectivity index (χ4n) is 1.78. The molecule has 2 rings (SSSR count). The molecule has 0 aliphatic heterocycles. The number of nitrogens with zero attached hydrogens (tertiary/aromatic N) is 2. The number of H-pyrrole nitrogens is 1. The van der Waals surface area contributed by atoms with Crippen molar-refractivity contribution < 1.29 is 14.5 Å². The van der Waals surface area contributed by atoms with Crippen LogP contribution < -0.4 is 11.3 Å². The van der Waals surface area contributed by atoms with E-state index in [-0.39, 0.29) is 24.0 Å². The van der Waals surface area contributed by atoms with E-state index in [0.29, 0.717) is 11.9 Å². The molecule has 2 heterocycles. The molecule has 2 aromatic rings. The standard InChI is InChI=1S/C10H15N4O4P/c1-6(18-5-19(16)17)4-7-2-3-8-9(15)12-10(11)13-14(7)8/h2-3,6,16-17H,4-5H2,1H3,(H3,11,12,13,15). The second kappa shape index (κ2) is 5.66. The van der Waals surface area contributed by atoms with E-state index in [1.807, 2.05) is 0 Å². The van der Waals surface area contributed by atoms with Crippen LogP contribution in [0.5, 0.6) is 0 Å². The number of nitrogens with two attached hydrogens (primary N) is 1. The summed E-state index contributed by atoms with van der Waals surface area (Å²) < 4.78 is 6.72. The smallest absolute Gasteiger partial charge is 0.276 e. The SMILES string of the molecule is CC(Cc1ccc2c(=O)[nH]c(N)nn12)OCP(O)O. The molecule has 0 saturated heterocycles. The van der Waals surface area contributed by atoms with Crippen molar-refractivity contribution in [3.05, 3.63) is 28.2 Å². The van der Waals surface area contributed by atoms with Gasteiger partial charge in [0.05, 0.1) is 6.10 Å². The molecule has 0 saturated carbocycles. The summed E-state index contributed by atoms with van der Waals surface area (Å²) in [4.78, 5) is 31.6. The lowest BCUT2D eigenvalue weighted by Gasteiger charge is -2.13. The van der Waals surface area contributed by atoms with E-state index >= 15 is 0 Å². The molecule has 8 nitrogen and oxygen atoms in total. The number of nitrogen functional groups attached to an aromatic ring is 1. The van der Waals surface area contributed by atoms with E-state index in [4.69, 9.17) is 20.3 Å². The van der Waals surface area contributed by atoms with Crippen LogP contribution in [-0.2, 0) is 11.2 Å². The van der Waals surface area contributed by atoms with Gasteiger partial charge in [-0.25, -0.2) is 4.52 Å². The number of rotatable bonds is 5. The third kappa shape index (κ3) is 3.30. The highest BCUT2D eigenvalue weighted by Gasteiger charge is 2.12. The van der Waals surface area contributed by atoms with Crippen molar-refractivity contribution in [2.75, 3.05) is 12.1 Å². The maximum absolute atomic E-state index is 11.6. The molecule has 0 bridgehead atoms. The van der Waals surface area contributed by atoms with Crippen LogP contribution in [0.1, 0.15) is 12.6 Å². The summed E-state index contributed by atoms with van der Waals surface area (Å²) in [6.07, 6.45) is 0.146. The van der Waals surface area contributed by atoms with Gasteiger partial charge < -0.3 is 20.3 Å². The van der Waals surface area contributed by atoms with E-state index in [9.17, 15) is 4.79 Å². The molecule has 1 atom stereocenters. The molecule has 2 aromatic heterocycles. The minimum Gasteiger partial charge on any atom is -0.369 e. The maximum Gasteiger partial charge on any atom is 0.276 e. The van der Waals surface area contributed by atoms with Crippen LogP contribution in [0.2, 0.25) is 0 Å². The summed E-state index contributed by atoms with van der Waals surface area (Å²) in [6, 6.07) is 3.41. The molecular weight excluding hydrogens is 271 g/mol. The monoisotopic (exact) mass is 286 g/mol. The lowest BCUT2D eigenvalue weighted by Crippen LogP contribution is -2.18. The van der Waals surface area contributed by atoms with Crippen LogP contribution >= 0.6 is 8.38 Å². The summed E-state index contributed by atoms with van der Waals surface area (Å²) in [6.45, 7) is 1.80. The van der Waals surface area contributed by atoms with Crippen molar-refractivity contribution in [1.29, 1.82) is 0 Å². The zero-order valence-corrected chi connectivity index (χ0v) is 11.2. The summed E-state index contributed by atoms with van der Waals surface area (Å²) in [5.41, 5.74) is 6.37. The van der Waals surface area contributed by atoms with Gasteiger partial charge in [0, 0.05) is 12.1 Å². The molecule has 0 fully saturated rings. The minimum absolute atomic E-state index is 0.0396. The first-order valence-corrected chi connectivity index (χ1v) is 7.04. The number of ether oxygens (including phenoxy) is 1. The fraction of sp³-hybridized carbons (Fsp3) is 0.400. The Hall–Kier alpha value is -1.47. The normalized spacial score (nSPS) is 13.3. The van der Waals surface area contributed by atoms with Crippen molar-refractivity contribution in [3.8, 4) is 0 Å². The summed E-state index contributed by atoms with van der Waals surface area (Å²) >= 11 is 0. The Morgan fingerprint density at radius 1 is 1.58 bits per heavy atom. The zero-order chi connectivity index (χ0) is 14.0. The Kier molecular flexibility index (Phi) is 4.16. The molecule has 104 valence electrons. The fourth-order valence-corrected chi connectivity index (χ4v) is 2.16. The van der Waals surface area contributed by atoms with Crippen molar-refractivity contribution in [2.45, 2.75) is 19.4 Å². The summed E-state index contributed by atoms with van der Waals surface area (Å²) in [5, 5.41) is 4.03. The highest BCUT2D eigenvalue weighted by molar-refractivity contribution is 7.44. The van der Waals surface area contributed by atoms with Crippen LogP contribution in [0.4, 0.5) is 5.95 Å². The van der Waals surface area contributed by atoms with E-state index in [1.165, 1.54) is 4.52 Å². The zero-order valence-electron chi connectivity index (χ0n) is 10.3. The molecule has 0 amide bonds. The Bertz CT molecular complexity index is 624. The van der Waals surface area contributed by atoms with Gasteiger partial charge in [-0.15, -0.1) is 5.10 Å². The number of hydrogen-bond acceptors (Lipinski definition) is 6. The quantitative estimate of drug-likeness (QED) is 0.564. The molecule has 0 aromatic carbocycles. The molecule has 5 N–H and O–H groups in total. The Morgan fingerprint density at radius 2 is 2.32 bits per heavy atom. The second-order valence-corrected chi connectivity index (χ2v) is 5.15. The van der Waals surface area contributed by atoms with Crippen molar-refractivity contribution in [2.24, 2.45) is 0 Å². The number of fused-ring (bicyclic) bond motifs is 1. The van der Waals surface area contributed by atoms with Crippen molar-refractivity contribution in [1.82, 2.24) is 14.6 Å². The Morgan fingerprint density at radius 3 is 3.00 bits per heavy atom. The van der Waals surface area contributed by atoms with Crippen molar-refractivity contribution >= 4 is 19.8 Å². The van der Waals surface area contributed by atoms with E-state index in [0.717, 1.165) is 5.69 Å². The van der Waals surface area contributed by atoms with Gasteiger partial charge in [-0.3, -0.25) is 9.78 Å². The van der Waals surface area contributed by atoms with Gasteiger partial charge in [0.2, 0.25) is 5.95 Å². The van der Waals surface area contributed by atoms with Crippen LogP contribution in [0.15, 0.2) is 16.9 Å². The van der Waals surface area contributed by atoms with Crippen LogP contribution in [0.25, 0.3) is 5.52 Å². The molecule has 19 heavy (non-hydrogen) atoms. The predicted molar refractivity (Wildman–Crippen MR) is 70.7 cm³/mol. The molecule has 0 spiro atoms. The van der Waals surface area contributed by atoms with Gasteiger partial charge in [0.1, 0.15) is 11.9 Å². The molecule has 1 unspecified atom stereocenters. The van der Waals surface area contributed by atoms with Gasteiger partial charge in [-0.2, -0.15) is 0 Å². The number of aromatic nitrogens is 3. The predicted octanol–water partition coefficient (Wildman–Crippen LogP) is -0.194. The van der Waals surface area contributed by atoms with Gasteiger partial charge in [-0.1, -0.05) is 0 Å². The molecule has 0 aliphatic carbocycles. The van der Waals surface area contributed by atoms with Gasteiger partial charge in [0.25, 0.3) is 5.56 Å². The summed E-state index contributed by atoms with van der Waals surface area (Å²) in [7, 11) is -2.06.